The highest BCUT2D eigenvalue weighted by Gasteiger charge is 2.36. The summed E-state index contributed by atoms with van der Waals surface area (Å²) >= 11 is 0. The molecule has 2 heteroatoms. The van der Waals surface area contributed by atoms with Crippen molar-refractivity contribution in [1.82, 2.24) is 4.90 Å². The molecule has 0 aromatic rings. The van der Waals surface area contributed by atoms with Gasteiger partial charge in [0.1, 0.15) is 0 Å². The second kappa shape index (κ2) is 10.6. The summed E-state index contributed by atoms with van der Waals surface area (Å²) in [7, 11) is 2.31. The number of unbranched alkanes of at least 4 members (excludes halogenated alkanes) is 7. The fourth-order valence-corrected chi connectivity index (χ4v) is 3.76. The third-order valence-corrected chi connectivity index (χ3v) is 5.74. The van der Waals surface area contributed by atoms with Crippen molar-refractivity contribution in [1.29, 1.82) is 0 Å². The molecule has 2 nitrogen and oxygen atoms in total. The molecule has 1 aliphatic rings. The lowest BCUT2D eigenvalue weighted by Crippen LogP contribution is -2.54. The van der Waals surface area contributed by atoms with Crippen molar-refractivity contribution in [3.05, 3.63) is 0 Å². The summed E-state index contributed by atoms with van der Waals surface area (Å²) in [5, 5.41) is 0. The molecule has 1 fully saturated rings. The Balaban J connectivity index is 2.13. The van der Waals surface area contributed by atoms with Gasteiger partial charge < -0.3 is 5.73 Å². The monoisotopic (exact) mass is 296 g/mol. The Labute approximate surface area is 133 Å². The first kappa shape index (κ1) is 19.0. The molecule has 0 aromatic heterocycles. The second-order valence-corrected chi connectivity index (χ2v) is 7.51. The van der Waals surface area contributed by atoms with Crippen LogP contribution < -0.4 is 5.73 Å². The van der Waals surface area contributed by atoms with Crippen LogP contribution in [0, 0.1) is 5.92 Å². The van der Waals surface area contributed by atoms with Gasteiger partial charge in [-0.1, -0.05) is 58.8 Å². The molecule has 0 radical (unpaired) electrons. The first-order valence-corrected chi connectivity index (χ1v) is 9.56. The Kier molecular flexibility index (Phi) is 9.59. The first-order valence-electron chi connectivity index (χ1n) is 9.56. The van der Waals surface area contributed by atoms with Crippen molar-refractivity contribution < 1.29 is 0 Å². The minimum Gasteiger partial charge on any atom is -0.329 e. The lowest BCUT2D eigenvalue weighted by molar-refractivity contribution is 0.0663. The molecule has 0 aromatic carbocycles. The molecule has 0 spiro atoms. The van der Waals surface area contributed by atoms with Crippen molar-refractivity contribution in [2.45, 2.75) is 96.4 Å². The van der Waals surface area contributed by atoms with Crippen LogP contribution >= 0.6 is 0 Å². The Morgan fingerprint density at radius 2 is 1.48 bits per heavy atom. The van der Waals surface area contributed by atoms with Gasteiger partial charge >= 0.3 is 0 Å². The molecule has 1 aliphatic carbocycles. The summed E-state index contributed by atoms with van der Waals surface area (Å²) in [6.07, 6.45) is 16.6. The molecule has 2 N–H and O–H groups in total. The normalized spacial score (nSPS) is 26.4. The summed E-state index contributed by atoms with van der Waals surface area (Å²) in [6.45, 7) is 6.75. The van der Waals surface area contributed by atoms with Crippen LogP contribution in [0.1, 0.15) is 90.9 Å². The zero-order valence-corrected chi connectivity index (χ0v) is 15.0. The third kappa shape index (κ3) is 6.69. The van der Waals surface area contributed by atoms with Crippen LogP contribution in [0.3, 0.4) is 0 Å². The van der Waals surface area contributed by atoms with Gasteiger partial charge in [-0.3, -0.25) is 4.90 Å². The molecular formula is C19H40N2. The zero-order chi connectivity index (χ0) is 15.6. The molecule has 126 valence electrons. The van der Waals surface area contributed by atoms with Gasteiger partial charge in [0.25, 0.3) is 0 Å². The second-order valence-electron chi connectivity index (χ2n) is 7.51. The lowest BCUT2D eigenvalue weighted by atomic mass is 9.76. The van der Waals surface area contributed by atoms with Crippen molar-refractivity contribution in [3.63, 3.8) is 0 Å². The summed E-state index contributed by atoms with van der Waals surface area (Å²) in [5.41, 5.74) is 6.45. The van der Waals surface area contributed by atoms with E-state index in [0.717, 1.165) is 12.5 Å². The minimum atomic E-state index is 0.313. The first-order chi connectivity index (χ1) is 10.1. The SMILES string of the molecule is CCCCCCCCCCN(C)C1(CN)CCC(C)CC1. The van der Waals surface area contributed by atoms with E-state index in [1.165, 1.54) is 83.6 Å². The largest absolute Gasteiger partial charge is 0.329 e. The van der Waals surface area contributed by atoms with Gasteiger partial charge in [-0.25, -0.2) is 0 Å². The van der Waals surface area contributed by atoms with Crippen LogP contribution in [0.2, 0.25) is 0 Å². The number of nitrogens with two attached hydrogens (primary N) is 1. The van der Waals surface area contributed by atoms with E-state index in [1.807, 2.05) is 0 Å². The van der Waals surface area contributed by atoms with Gasteiger partial charge in [0.05, 0.1) is 0 Å². The van der Waals surface area contributed by atoms with Crippen molar-refractivity contribution in [2.75, 3.05) is 20.1 Å². The van der Waals surface area contributed by atoms with Crippen LogP contribution in [0.5, 0.6) is 0 Å². The van der Waals surface area contributed by atoms with E-state index in [1.54, 1.807) is 0 Å². The van der Waals surface area contributed by atoms with E-state index < -0.39 is 0 Å². The lowest BCUT2D eigenvalue weighted by Gasteiger charge is -2.45. The highest BCUT2D eigenvalue weighted by atomic mass is 15.2. The zero-order valence-electron chi connectivity index (χ0n) is 15.0. The molecule has 0 amide bonds. The van der Waals surface area contributed by atoms with Crippen molar-refractivity contribution in [2.24, 2.45) is 11.7 Å². The Bertz CT molecular complexity index is 244. The van der Waals surface area contributed by atoms with Crippen LogP contribution in [0.25, 0.3) is 0 Å². The van der Waals surface area contributed by atoms with Crippen LogP contribution in [0.15, 0.2) is 0 Å². The van der Waals surface area contributed by atoms with E-state index in [-0.39, 0.29) is 0 Å². The minimum absolute atomic E-state index is 0.313. The Hall–Kier alpha value is -0.0800. The standard InChI is InChI=1S/C19H40N2/c1-4-5-6-7-8-9-10-11-16-21(3)19(17-20)14-12-18(2)13-15-19/h18H,4-17,20H2,1-3H3. The van der Waals surface area contributed by atoms with Crippen molar-refractivity contribution >= 4 is 0 Å². The van der Waals surface area contributed by atoms with Gasteiger partial charge in [0.2, 0.25) is 0 Å². The molecule has 0 unspecified atom stereocenters. The van der Waals surface area contributed by atoms with Crippen molar-refractivity contribution in [3.8, 4) is 0 Å². The summed E-state index contributed by atoms with van der Waals surface area (Å²) in [5.74, 6) is 0.904. The molecule has 0 atom stereocenters. The van der Waals surface area contributed by atoms with E-state index in [2.05, 4.69) is 25.8 Å². The highest BCUT2D eigenvalue weighted by Crippen LogP contribution is 2.35. The maximum absolute atomic E-state index is 6.14. The quantitative estimate of drug-likeness (QED) is 0.546. The fraction of sp³-hybridized carbons (Fsp3) is 1.00. The average molecular weight is 297 g/mol. The molecule has 0 bridgehead atoms. The van der Waals surface area contributed by atoms with Gasteiger partial charge in [0.15, 0.2) is 0 Å². The molecule has 1 rings (SSSR count). The van der Waals surface area contributed by atoms with E-state index >= 15 is 0 Å². The highest BCUT2D eigenvalue weighted by molar-refractivity contribution is 4.94. The van der Waals surface area contributed by atoms with Crippen LogP contribution in [-0.4, -0.2) is 30.6 Å². The van der Waals surface area contributed by atoms with Gasteiger partial charge in [-0.2, -0.15) is 0 Å². The topological polar surface area (TPSA) is 29.3 Å². The molecule has 21 heavy (non-hydrogen) atoms. The average Bonchev–Trinajstić information content (AvgIpc) is 2.51. The van der Waals surface area contributed by atoms with Gasteiger partial charge in [-0.05, 0) is 51.6 Å². The van der Waals surface area contributed by atoms with Crippen LogP contribution in [-0.2, 0) is 0 Å². The number of rotatable bonds is 11. The number of likely N-dealkylation sites (N-methyl/N-ethyl adjacent to an activating group) is 1. The smallest absolute Gasteiger partial charge is 0.0328 e. The maximum Gasteiger partial charge on any atom is 0.0328 e. The number of hydrogen-bond acceptors (Lipinski definition) is 2. The van der Waals surface area contributed by atoms with Gasteiger partial charge in [0, 0.05) is 12.1 Å². The fourth-order valence-electron chi connectivity index (χ4n) is 3.76. The predicted molar refractivity (Wildman–Crippen MR) is 94.7 cm³/mol. The number of hydrogen-bond donors (Lipinski definition) is 1. The summed E-state index contributed by atoms with van der Waals surface area (Å²) in [6, 6.07) is 0. The van der Waals surface area contributed by atoms with Gasteiger partial charge in [-0.15, -0.1) is 0 Å². The maximum atomic E-state index is 6.14. The molecule has 1 saturated carbocycles. The van der Waals surface area contributed by atoms with E-state index in [4.69, 9.17) is 5.73 Å². The molecule has 0 saturated heterocycles. The Morgan fingerprint density at radius 3 is 2.00 bits per heavy atom. The number of nitrogens with zero attached hydrogens (tertiary/aromatic N) is 1. The predicted octanol–water partition coefficient (Wildman–Crippen LogP) is 4.97. The third-order valence-electron chi connectivity index (χ3n) is 5.74. The summed E-state index contributed by atoms with van der Waals surface area (Å²) < 4.78 is 0. The molecule has 0 aliphatic heterocycles. The molecular weight excluding hydrogens is 256 g/mol. The Morgan fingerprint density at radius 1 is 0.952 bits per heavy atom. The van der Waals surface area contributed by atoms with Crippen LogP contribution in [0.4, 0.5) is 0 Å². The van der Waals surface area contributed by atoms with E-state index in [9.17, 15) is 0 Å². The summed E-state index contributed by atoms with van der Waals surface area (Å²) in [4.78, 5) is 2.59. The van der Waals surface area contributed by atoms with E-state index in [0.29, 0.717) is 5.54 Å². The molecule has 0 heterocycles.